The summed E-state index contributed by atoms with van der Waals surface area (Å²) in [5.74, 6) is -0.168. The third kappa shape index (κ3) is 11.8. The Morgan fingerprint density at radius 1 is 0.750 bits per heavy atom. The molecule has 8 heteroatoms. The summed E-state index contributed by atoms with van der Waals surface area (Å²) in [5.41, 5.74) is 1.08. The Morgan fingerprint density at radius 3 is 1.75 bits per heavy atom. The Hall–Kier alpha value is -2.77. The maximum atomic E-state index is 12.4. The fraction of sp³-hybridized carbons (Fsp3) is 0.571. The largest absolute Gasteiger partial charge is 0.573 e. The molecular weight excluding hydrogens is 471 g/mol. The molecule has 0 radical (unpaired) electrons. The van der Waals surface area contributed by atoms with E-state index in [1.807, 2.05) is 0 Å². The van der Waals surface area contributed by atoms with Crippen molar-refractivity contribution in [1.29, 1.82) is 0 Å². The molecule has 0 aliphatic heterocycles. The van der Waals surface area contributed by atoms with Crippen LogP contribution >= 0.6 is 0 Å². The second-order valence-corrected chi connectivity index (χ2v) is 9.10. The second kappa shape index (κ2) is 16.1. The van der Waals surface area contributed by atoms with Gasteiger partial charge in [-0.05, 0) is 41.8 Å². The molecular formula is C28H38F3NO4. The van der Waals surface area contributed by atoms with Crippen LogP contribution in [0.1, 0.15) is 90.4 Å². The molecule has 200 valence electrons. The highest BCUT2D eigenvalue weighted by Crippen LogP contribution is 2.34. The molecule has 0 heterocycles. The molecule has 0 aliphatic carbocycles. The van der Waals surface area contributed by atoms with Crippen molar-refractivity contribution in [2.45, 2.75) is 96.8 Å². The summed E-state index contributed by atoms with van der Waals surface area (Å²) in [6, 6.07) is 9.82. The van der Waals surface area contributed by atoms with Gasteiger partial charge in [-0.15, -0.1) is 13.2 Å². The Morgan fingerprint density at radius 2 is 1.25 bits per heavy atom. The SMILES string of the molecule is CCCCCCCCCCCCCCCOc1cc(-c2ccc(OC(F)(F)F)cc2)ccc1[N+](=O)[O-]. The van der Waals surface area contributed by atoms with Gasteiger partial charge in [0.25, 0.3) is 0 Å². The molecule has 0 saturated carbocycles. The average Bonchev–Trinajstić information content (AvgIpc) is 2.83. The number of alkyl halides is 3. The standard InChI is InChI=1S/C28H38F3NO4/c1-2-3-4-5-6-7-8-9-10-11-12-13-14-21-35-27-22-24(17-20-26(27)32(33)34)23-15-18-25(19-16-23)36-28(29,30)31/h15-20,22H,2-14,21H2,1H3. The summed E-state index contributed by atoms with van der Waals surface area (Å²) in [4.78, 5) is 10.9. The molecule has 0 fully saturated rings. The number of ether oxygens (including phenoxy) is 2. The van der Waals surface area contributed by atoms with Crippen molar-refractivity contribution in [1.82, 2.24) is 0 Å². The first-order chi connectivity index (χ1) is 17.3. The quantitative estimate of drug-likeness (QED) is 0.114. The molecule has 0 bridgehead atoms. The molecule has 0 amide bonds. The smallest absolute Gasteiger partial charge is 0.487 e. The number of nitro benzene ring substituents is 1. The lowest BCUT2D eigenvalue weighted by Crippen LogP contribution is -2.16. The predicted molar refractivity (Wildman–Crippen MR) is 136 cm³/mol. The van der Waals surface area contributed by atoms with Crippen LogP contribution in [0.25, 0.3) is 11.1 Å². The van der Waals surface area contributed by atoms with Gasteiger partial charge in [-0.3, -0.25) is 10.1 Å². The number of nitro groups is 1. The number of benzene rings is 2. The van der Waals surface area contributed by atoms with E-state index >= 15 is 0 Å². The summed E-state index contributed by atoms with van der Waals surface area (Å²) in [6.07, 6.45) is 11.2. The van der Waals surface area contributed by atoms with Crippen LogP contribution in [0.4, 0.5) is 18.9 Å². The molecule has 2 rings (SSSR count). The van der Waals surface area contributed by atoms with Gasteiger partial charge in [-0.25, -0.2) is 0 Å². The van der Waals surface area contributed by atoms with E-state index in [4.69, 9.17) is 4.74 Å². The van der Waals surface area contributed by atoms with Crippen LogP contribution in [-0.4, -0.2) is 17.9 Å². The van der Waals surface area contributed by atoms with E-state index in [1.165, 1.54) is 94.5 Å². The minimum atomic E-state index is -4.76. The normalized spacial score (nSPS) is 11.4. The topological polar surface area (TPSA) is 61.6 Å². The fourth-order valence-corrected chi connectivity index (χ4v) is 4.11. The zero-order chi connectivity index (χ0) is 26.2. The molecule has 0 spiro atoms. The highest BCUT2D eigenvalue weighted by atomic mass is 19.4. The first kappa shape index (κ1) is 29.5. The molecule has 0 atom stereocenters. The second-order valence-electron chi connectivity index (χ2n) is 9.10. The van der Waals surface area contributed by atoms with Crippen molar-refractivity contribution in [3.05, 3.63) is 52.6 Å². The monoisotopic (exact) mass is 509 g/mol. The number of unbranched alkanes of at least 4 members (excludes halogenated alkanes) is 12. The van der Waals surface area contributed by atoms with Crippen molar-refractivity contribution in [2.75, 3.05) is 6.61 Å². The summed E-state index contributed by atoms with van der Waals surface area (Å²) in [7, 11) is 0. The highest BCUT2D eigenvalue weighted by molar-refractivity contribution is 5.69. The van der Waals surface area contributed by atoms with Gasteiger partial charge in [0, 0.05) is 6.07 Å². The first-order valence-electron chi connectivity index (χ1n) is 13.1. The molecule has 5 nitrogen and oxygen atoms in total. The van der Waals surface area contributed by atoms with Crippen molar-refractivity contribution < 1.29 is 27.6 Å². The maximum absolute atomic E-state index is 12.4. The van der Waals surface area contributed by atoms with Crippen LogP contribution in [0.5, 0.6) is 11.5 Å². The van der Waals surface area contributed by atoms with E-state index in [9.17, 15) is 23.3 Å². The van der Waals surface area contributed by atoms with Gasteiger partial charge < -0.3 is 9.47 Å². The minimum absolute atomic E-state index is 0.134. The number of nitrogens with zero attached hydrogens (tertiary/aromatic N) is 1. The molecule has 0 N–H and O–H groups in total. The Balaban J connectivity index is 1.73. The van der Waals surface area contributed by atoms with E-state index in [0.29, 0.717) is 17.7 Å². The van der Waals surface area contributed by atoms with Gasteiger partial charge in [-0.1, -0.05) is 96.1 Å². The van der Waals surface area contributed by atoms with E-state index in [0.717, 1.165) is 19.3 Å². The zero-order valence-electron chi connectivity index (χ0n) is 21.2. The van der Waals surface area contributed by atoms with Gasteiger partial charge in [0.1, 0.15) is 5.75 Å². The summed E-state index contributed by atoms with van der Waals surface area (Å²) in [6.45, 7) is 2.61. The number of rotatable bonds is 18. The van der Waals surface area contributed by atoms with Gasteiger partial charge in [-0.2, -0.15) is 0 Å². The van der Waals surface area contributed by atoms with Crippen LogP contribution in [0.3, 0.4) is 0 Å². The Bertz CT molecular complexity index is 901. The van der Waals surface area contributed by atoms with Crippen molar-refractivity contribution >= 4 is 5.69 Å². The maximum Gasteiger partial charge on any atom is 0.573 e. The number of halogens is 3. The Labute approximate surface area is 212 Å². The van der Waals surface area contributed by atoms with Crippen LogP contribution in [-0.2, 0) is 0 Å². The summed E-state index contributed by atoms with van der Waals surface area (Å²) >= 11 is 0. The molecule has 2 aromatic carbocycles. The van der Waals surface area contributed by atoms with Crippen molar-refractivity contribution in [2.24, 2.45) is 0 Å². The molecule has 0 aliphatic rings. The van der Waals surface area contributed by atoms with E-state index in [-0.39, 0.29) is 17.2 Å². The number of hydrogen-bond acceptors (Lipinski definition) is 4. The number of hydrogen-bond donors (Lipinski definition) is 0. The van der Waals surface area contributed by atoms with E-state index in [2.05, 4.69) is 11.7 Å². The lowest BCUT2D eigenvalue weighted by molar-refractivity contribution is -0.385. The zero-order valence-corrected chi connectivity index (χ0v) is 21.2. The molecule has 0 unspecified atom stereocenters. The Kier molecular flexibility index (Phi) is 13.1. The first-order valence-corrected chi connectivity index (χ1v) is 13.1. The fourth-order valence-electron chi connectivity index (χ4n) is 4.11. The van der Waals surface area contributed by atoms with Gasteiger partial charge >= 0.3 is 12.0 Å². The van der Waals surface area contributed by atoms with Crippen LogP contribution in [0.2, 0.25) is 0 Å². The van der Waals surface area contributed by atoms with Gasteiger partial charge in [0.2, 0.25) is 0 Å². The van der Waals surface area contributed by atoms with Crippen molar-refractivity contribution in [3.8, 4) is 22.6 Å². The van der Waals surface area contributed by atoms with Gasteiger partial charge in [0.05, 0.1) is 11.5 Å². The molecule has 2 aromatic rings. The van der Waals surface area contributed by atoms with Crippen LogP contribution in [0.15, 0.2) is 42.5 Å². The van der Waals surface area contributed by atoms with Crippen LogP contribution in [0, 0.1) is 10.1 Å². The lowest BCUT2D eigenvalue weighted by atomic mass is 10.0. The molecule has 36 heavy (non-hydrogen) atoms. The van der Waals surface area contributed by atoms with Crippen molar-refractivity contribution in [3.63, 3.8) is 0 Å². The van der Waals surface area contributed by atoms with Gasteiger partial charge in [0.15, 0.2) is 5.75 Å². The third-order valence-electron chi connectivity index (χ3n) is 6.08. The summed E-state index contributed by atoms with van der Waals surface area (Å²) < 4.78 is 46.7. The third-order valence-corrected chi connectivity index (χ3v) is 6.08. The van der Waals surface area contributed by atoms with E-state index in [1.54, 1.807) is 12.1 Å². The minimum Gasteiger partial charge on any atom is -0.487 e. The molecule has 0 aromatic heterocycles. The lowest BCUT2D eigenvalue weighted by Gasteiger charge is -2.11. The van der Waals surface area contributed by atoms with Crippen LogP contribution < -0.4 is 9.47 Å². The summed E-state index contributed by atoms with van der Waals surface area (Å²) in [5, 5.41) is 11.4. The average molecular weight is 510 g/mol. The predicted octanol–water partition coefficient (Wildman–Crippen LogP) is 9.63. The highest BCUT2D eigenvalue weighted by Gasteiger charge is 2.31. The van der Waals surface area contributed by atoms with E-state index < -0.39 is 11.3 Å². The molecule has 0 saturated heterocycles.